The number of nitrogens with zero attached hydrogens (tertiary/aromatic N) is 3. The minimum Gasteiger partial charge on any atom is -0.493 e. The van der Waals surface area contributed by atoms with E-state index >= 15 is 0 Å². The highest BCUT2D eigenvalue weighted by Gasteiger charge is 2.29. The first-order valence-electron chi connectivity index (χ1n) is 10.9. The number of benzene rings is 2. The topological polar surface area (TPSA) is 99.4 Å². The molecule has 2 aromatic carbocycles. The Labute approximate surface area is 200 Å². The molecule has 9 heteroatoms. The van der Waals surface area contributed by atoms with Gasteiger partial charge in [0.1, 0.15) is 17.2 Å². The highest BCUT2D eigenvalue weighted by Crippen LogP contribution is 2.40. The molecule has 1 aliphatic rings. The fourth-order valence-corrected chi connectivity index (χ4v) is 3.73. The molecule has 1 saturated carbocycles. The maximum atomic E-state index is 12.8. The summed E-state index contributed by atoms with van der Waals surface area (Å²) in [5.74, 6) is 2.90. The molecule has 2 heterocycles. The van der Waals surface area contributed by atoms with Crippen LogP contribution in [0.15, 0.2) is 71.1 Å². The lowest BCUT2D eigenvalue weighted by molar-refractivity contribution is 0.102. The molecule has 2 aromatic heterocycles. The van der Waals surface area contributed by atoms with Crippen LogP contribution in [0, 0.1) is 0 Å². The molecule has 0 radical (unpaired) electrons. The number of thiazole rings is 1. The first-order chi connectivity index (χ1) is 16.7. The van der Waals surface area contributed by atoms with Gasteiger partial charge in [-0.2, -0.15) is 0 Å². The van der Waals surface area contributed by atoms with Crippen molar-refractivity contribution < 1.29 is 18.7 Å². The quantitative estimate of drug-likeness (QED) is 0.220. The van der Waals surface area contributed by atoms with Crippen LogP contribution in [0.2, 0.25) is 0 Å². The molecule has 1 amide bonds. The summed E-state index contributed by atoms with van der Waals surface area (Å²) in [6.45, 7) is 4.15. The number of ether oxygens (including phenoxy) is 2. The van der Waals surface area contributed by atoms with E-state index < -0.39 is 0 Å². The summed E-state index contributed by atoms with van der Waals surface area (Å²) in [6, 6.07) is 12.4. The molecule has 1 N–H and O–H groups in total. The zero-order valence-corrected chi connectivity index (χ0v) is 19.1. The summed E-state index contributed by atoms with van der Waals surface area (Å²) >= 11 is 1.35. The van der Waals surface area contributed by atoms with E-state index in [2.05, 4.69) is 27.1 Å². The van der Waals surface area contributed by atoms with Crippen molar-refractivity contribution in [2.75, 3.05) is 11.9 Å². The van der Waals surface area contributed by atoms with E-state index in [9.17, 15) is 4.79 Å². The lowest BCUT2D eigenvalue weighted by Gasteiger charge is -2.12. The normalized spacial score (nSPS) is 12.8. The minimum atomic E-state index is -0.299. The molecule has 0 spiro atoms. The molecule has 4 aromatic rings. The molecule has 172 valence electrons. The average Bonchev–Trinajstić information content (AvgIpc) is 3.35. The van der Waals surface area contributed by atoms with Crippen molar-refractivity contribution in [2.24, 2.45) is 0 Å². The SMILES string of the molecule is C=CCCOc1cc(Oc2ccc(-c3nnc(C4CC4)o3)cc2)cc(C(=O)Nc2nccs2)c1. The number of amides is 1. The maximum absolute atomic E-state index is 12.8. The van der Waals surface area contributed by atoms with Crippen LogP contribution in [0.5, 0.6) is 17.2 Å². The summed E-state index contributed by atoms with van der Waals surface area (Å²) < 4.78 is 17.6. The number of rotatable bonds is 10. The van der Waals surface area contributed by atoms with Crippen LogP contribution in [0.3, 0.4) is 0 Å². The van der Waals surface area contributed by atoms with Gasteiger partial charge in [-0.05, 0) is 55.7 Å². The van der Waals surface area contributed by atoms with Gasteiger partial charge in [-0.15, -0.1) is 28.1 Å². The smallest absolute Gasteiger partial charge is 0.257 e. The van der Waals surface area contributed by atoms with Gasteiger partial charge >= 0.3 is 0 Å². The van der Waals surface area contributed by atoms with Crippen molar-refractivity contribution in [1.82, 2.24) is 15.2 Å². The standard InChI is InChI=1S/C25H22N4O4S/c1-2-3-11-31-20-13-18(22(30)27-25-26-10-12-34-25)14-21(15-20)32-19-8-6-17(7-9-19)24-29-28-23(33-24)16-4-5-16/h2,6-10,12-16H,1,3-5,11H2,(H,26,27,30). The van der Waals surface area contributed by atoms with Crippen LogP contribution in [0.25, 0.3) is 11.5 Å². The van der Waals surface area contributed by atoms with Crippen molar-refractivity contribution in [2.45, 2.75) is 25.2 Å². The number of carbonyl (C=O) groups excluding carboxylic acids is 1. The van der Waals surface area contributed by atoms with Crippen molar-refractivity contribution in [3.63, 3.8) is 0 Å². The van der Waals surface area contributed by atoms with Crippen LogP contribution < -0.4 is 14.8 Å². The number of aromatic nitrogens is 3. The first kappa shape index (κ1) is 21.8. The Morgan fingerprint density at radius 2 is 1.97 bits per heavy atom. The largest absolute Gasteiger partial charge is 0.493 e. The number of nitrogens with one attached hydrogen (secondary N) is 1. The van der Waals surface area contributed by atoms with E-state index in [-0.39, 0.29) is 5.91 Å². The molecule has 34 heavy (non-hydrogen) atoms. The summed E-state index contributed by atoms with van der Waals surface area (Å²) in [7, 11) is 0. The van der Waals surface area contributed by atoms with Gasteiger partial charge in [0.05, 0.1) is 6.61 Å². The third-order valence-corrected chi connectivity index (χ3v) is 5.78. The number of anilines is 1. The predicted octanol–water partition coefficient (Wildman–Crippen LogP) is 6.07. The second-order valence-corrected chi connectivity index (χ2v) is 8.65. The van der Waals surface area contributed by atoms with Crippen LogP contribution in [-0.4, -0.2) is 27.7 Å². The Kier molecular flexibility index (Phi) is 6.35. The number of hydrogen-bond acceptors (Lipinski definition) is 8. The lowest BCUT2D eigenvalue weighted by atomic mass is 10.2. The predicted molar refractivity (Wildman–Crippen MR) is 129 cm³/mol. The molecule has 0 atom stereocenters. The van der Waals surface area contributed by atoms with E-state index in [0.29, 0.717) is 58.7 Å². The molecule has 1 fully saturated rings. The molecule has 0 aliphatic heterocycles. The molecular weight excluding hydrogens is 452 g/mol. The van der Waals surface area contributed by atoms with Gasteiger partial charge in [-0.3, -0.25) is 10.1 Å². The molecule has 0 unspecified atom stereocenters. The third kappa shape index (κ3) is 5.32. The zero-order chi connectivity index (χ0) is 23.3. The molecule has 5 rings (SSSR count). The van der Waals surface area contributed by atoms with Gasteiger partial charge in [0.25, 0.3) is 5.91 Å². The van der Waals surface area contributed by atoms with Gasteiger partial charge in [0, 0.05) is 34.7 Å². The summed E-state index contributed by atoms with van der Waals surface area (Å²) in [4.78, 5) is 16.9. The Bertz CT molecular complexity index is 1280. The van der Waals surface area contributed by atoms with Gasteiger partial charge in [0.2, 0.25) is 11.8 Å². The van der Waals surface area contributed by atoms with Crippen LogP contribution in [0.1, 0.15) is 41.4 Å². The Hall–Kier alpha value is -3.98. The van der Waals surface area contributed by atoms with Crippen molar-refractivity contribution in [1.29, 1.82) is 0 Å². The maximum Gasteiger partial charge on any atom is 0.257 e. The Morgan fingerprint density at radius 1 is 1.15 bits per heavy atom. The van der Waals surface area contributed by atoms with Crippen LogP contribution in [-0.2, 0) is 0 Å². The van der Waals surface area contributed by atoms with Gasteiger partial charge in [0.15, 0.2) is 5.13 Å². The van der Waals surface area contributed by atoms with Crippen LogP contribution in [0.4, 0.5) is 5.13 Å². The van der Waals surface area contributed by atoms with E-state index in [1.165, 1.54) is 11.3 Å². The Morgan fingerprint density at radius 3 is 2.71 bits per heavy atom. The van der Waals surface area contributed by atoms with Crippen molar-refractivity contribution in [3.05, 3.63) is 78.2 Å². The summed E-state index contributed by atoms with van der Waals surface area (Å²) in [5, 5.41) is 13.4. The highest BCUT2D eigenvalue weighted by molar-refractivity contribution is 7.13. The monoisotopic (exact) mass is 474 g/mol. The minimum absolute atomic E-state index is 0.299. The lowest BCUT2D eigenvalue weighted by Crippen LogP contribution is -2.12. The van der Waals surface area contributed by atoms with E-state index in [1.807, 2.05) is 24.3 Å². The zero-order valence-electron chi connectivity index (χ0n) is 18.3. The highest BCUT2D eigenvalue weighted by atomic mass is 32.1. The second kappa shape index (κ2) is 9.88. The molecule has 8 nitrogen and oxygen atoms in total. The van der Waals surface area contributed by atoms with Crippen molar-refractivity contribution >= 4 is 22.4 Å². The molecule has 1 aliphatic carbocycles. The van der Waals surface area contributed by atoms with Gasteiger partial charge in [-0.25, -0.2) is 4.98 Å². The number of hydrogen-bond donors (Lipinski definition) is 1. The fourth-order valence-electron chi connectivity index (χ4n) is 3.21. The summed E-state index contributed by atoms with van der Waals surface area (Å²) in [5.41, 5.74) is 1.22. The second-order valence-electron chi connectivity index (χ2n) is 7.76. The first-order valence-corrected chi connectivity index (χ1v) is 11.8. The van der Waals surface area contributed by atoms with E-state index in [4.69, 9.17) is 13.9 Å². The van der Waals surface area contributed by atoms with E-state index in [1.54, 1.807) is 35.9 Å². The average molecular weight is 475 g/mol. The Balaban J connectivity index is 1.33. The van der Waals surface area contributed by atoms with Gasteiger partial charge < -0.3 is 13.9 Å². The molecule has 0 saturated heterocycles. The molecular formula is C25H22N4O4S. The van der Waals surface area contributed by atoms with Gasteiger partial charge in [-0.1, -0.05) is 6.08 Å². The van der Waals surface area contributed by atoms with Crippen molar-refractivity contribution in [3.8, 4) is 28.7 Å². The fraction of sp³-hybridized carbons (Fsp3) is 0.200. The number of carbonyl (C=O) groups is 1. The summed E-state index contributed by atoms with van der Waals surface area (Å²) in [6.07, 6.45) is 6.30. The van der Waals surface area contributed by atoms with E-state index in [0.717, 1.165) is 18.4 Å². The van der Waals surface area contributed by atoms with Crippen LogP contribution >= 0.6 is 11.3 Å². The molecule has 0 bridgehead atoms. The third-order valence-electron chi connectivity index (χ3n) is 5.09.